The molecule has 0 atom stereocenters. The summed E-state index contributed by atoms with van der Waals surface area (Å²) in [6, 6.07) is 12.2. The molecule has 0 saturated heterocycles. The number of aryl methyl sites for hydroxylation is 1. The molecule has 0 bridgehead atoms. The van der Waals surface area contributed by atoms with Crippen LogP contribution in [0, 0.1) is 10.1 Å². The molecule has 6 heteroatoms. The van der Waals surface area contributed by atoms with E-state index in [-0.39, 0.29) is 5.69 Å². The summed E-state index contributed by atoms with van der Waals surface area (Å²) in [5.74, 6) is 0. The van der Waals surface area contributed by atoms with Crippen LogP contribution in [0.2, 0.25) is 0 Å². The number of non-ortho nitro benzene ring substituents is 1. The zero-order valence-electron chi connectivity index (χ0n) is 13.0. The lowest BCUT2D eigenvalue weighted by atomic mass is 10.0. The van der Waals surface area contributed by atoms with Crippen LogP contribution in [-0.4, -0.2) is 18.0 Å². The Morgan fingerprint density at radius 1 is 1.13 bits per heavy atom. The summed E-state index contributed by atoms with van der Waals surface area (Å²) in [6.07, 6.45) is 2.22. The van der Waals surface area contributed by atoms with Crippen LogP contribution < -0.4 is 4.90 Å². The maximum absolute atomic E-state index is 10.6. The van der Waals surface area contributed by atoms with Gasteiger partial charge in [-0.05, 0) is 55.7 Å². The van der Waals surface area contributed by atoms with Gasteiger partial charge in [-0.3, -0.25) is 10.1 Å². The Hall–Kier alpha value is -2.76. The predicted octanol–water partition coefficient (Wildman–Crippen LogP) is 4.78. The molecule has 0 unspecified atom stereocenters. The number of nitro benzene ring substituents is 1. The van der Waals surface area contributed by atoms with E-state index in [9.17, 15) is 10.1 Å². The van der Waals surface area contributed by atoms with Crippen LogP contribution in [0.25, 0.3) is 0 Å². The van der Waals surface area contributed by atoms with Crippen molar-refractivity contribution >= 4 is 22.7 Å². The molecule has 0 aromatic heterocycles. The van der Waals surface area contributed by atoms with Crippen molar-refractivity contribution in [2.45, 2.75) is 19.8 Å². The molecule has 0 saturated carbocycles. The molecule has 0 N–H and O–H groups in total. The SMILES string of the molecule is CCN1CCCc2cc(N=Nc3ccc([N+](=O)[O-])cc3)ccc21. The highest BCUT2D eigenvalue weighted by atomic mass is 16.6. The monoisotopic (exact) mass is 310 g/mol. The third kappa shape index (κ3) is 3.36. The van der Waals surface area contributed by atoms with Crippen molar-refractivity contribution in [3.05, 3.63) is 58.1 Å². The normalized spacial score (nSPS) is 14.0. The zero-order chi connectivity index (χ0) is 16.2. The van der Waals surface area contributed by atoms with Gasteiger partial charge in [0.1, 0.15) is 0 Å². The first-order valence-electron chi connectivity index (χ1n) is 7.71. The van der Waals surface area contributed by atoms with Crippen LogP contribution >= 0.6 is 0 Å². The first-order valence-corrected chi connectivity index (χ1v) is 7.71. The van der Waals surface area contributed by atoms with E-state index in [0.29, 0.717) is 5.69 Å². The van der Waals surface area contributed by atoms with E-state index >= 15 is 0 Å². The van der Waals surface area contributed by atoms with Gasteiger partial charge in [-0.25, -0.2) is 0 Å². The molecule has 23 heavy (non-hydrogen) atoms. The van der Waals surface area contributed by atoms with Crippen molar-refractivity contribution < 1.29 is 4.92 Å². The standard InChI is InChI=1S/C17H18N4O2/c1-2-20-11-3-4-13-12-15(7-10-17(13)20)19-18-14-5-8-16(9-6-14)21(22)23/h5-10,12H,2-4,11H2,1H3. The molecule has 1 aliphatic rings. The van der Waals surface area contributed by atoms with Gasteiger partial charge in [0.2, 0.25) is 0 Å². The minimum absolute atomic E-state index is 0.0531. The molecule has 1 aliphatic heterocycles. The first-order chi connectivity index (χ1) is 11.2. The lowest BCUT2D eigenvalue weighted by molar-refractivity contribution is -0.384. The molecule has 2 aromatic rings. The van der Waals surface area contributed by atoms with E-state index in [0.717, 1.165) is 31.6 Å². The Morgan fingerprint density at radius 2 is 1.83 bits per heavy atom. The van der Waals surface area contributed by atoms with Crippen molar-refractivity contribution in [1.82, 2.24) is 0 Å². The quantitative estimate of drug-likeness (QED) is 0.463. The second-order valence-corrected chi connectivity index (χ2v) is 5.47. The summed E-state index contributed by atoms with van der Waals surface area (Å²) in [4.78, 5) is 12.6. The molecule has 3 rings (SSSR count). The van der Waals surface area contributed by atoms with Crippen LogP contribution in [-0.2, 0) is 6.42 Å². The number of benzene rings is 2. The van der Waals surface area contributed by atoms with E-state index in [1.54, 1.807) is 12.1 Å². The minimum atomic E-state index is -0.427. The summed E-state index contributed by atoms with van der Waals surface area (Å²) >= 11 is 0. The number of rotatable bonds is 4. The lowest BCUT2D eigenvalue weighted by Crippen LogP contribution is -2.28. The first kappa shape index (κ1) is 15.1. The Balaban J connectivity index is 1.79. The van der Waals surface area contributed by atoms with Gasteiger partial charge >= 0.3 is 0 Å². The van der Waals surface area contributed by atoms with Gasteiger partial charge in [0.15, 0.2) is 0 Å². The predicted molar refractivity (Wildman–Crippen MR) is 89.9 cm³/mol. The topological polar surface area (TPSA) is 71.1 Å². The second kappa shape index (κ2) is 6.56. The average molecular weight is 310 g/mol. The molecular weight excluding hydrogens is 292 g/mol. The fourth-order valence-corrected chi connectivity index (χ4v) is 2.81. The van der Waals surface area contributed by atoms with Gasteiger partial charge in [0.25, 0.3) is 5.69 Å². The third-order valence-corrected chi connectivity index (χ3v) is 4.00. The largest absolute Gasteiger partial charge is 0.372 e. The number of anilines is 1. The number of nitrogens with zero attached hydrogens (tertiary/aromatic N) is 4. The summed E-state index contributed by atoms with van der Waals surface area (Å²) in [7, 11) is 0. The smallest absolute Gasteiger partial charge is 0.269 e. The Bertz CT molecular complexity index is 741. The third-order valence-electron chi connectivity index (χ3n) is 4.00. The molecular formula is C17H18N4O2. The number of hydrogen-bond donors (Lipinski definition) is 0. The Labute approximate surface area is 134 Å². The summed E-state index contributed by atoms with van der Waals surface area (Å²) in [6.45, 7) is 4.28. The van der Waals surface area contributed by atoms with Gasteiger partial charge in [-0.1, -0.05) is 0 Å². The van der Waals surface area contributed by atoms with Crippen LogP contribution in [0.5, 0.6) is 0 Å². The number of fused-ring (bicyclic) bond motifs is 1. The van der Waals surface area contributed by atoms with Crippen molar-refractivity contribution in [2.75, 3.05) is 18.0 Å². The fourth-order valence-electron chi connectivity index (χ4n) is 2.81. The summed E-state index contributed by atoms with van der Waals surface area (Å²) < 4.78 is 0. The van der Waals surface area contributed by atoms with E-state index < -0.39 is 4.92 Å². The molecule has 1 heterocycles. The van der Waals surface area contributed by atoms with Crippen LogP contribution in [0.4, 0.5) is 22.7 Å². The van der Waals surface area contributed by atoms with E-state index in [2.05, 4.69) is 34.2 Å². The summed E-state index contributed by atoms with van der Waals surface area (Å²) in [5.41, 5.74) is 4.05. The Kier molecular flexibility index (Phi) is 4.32. The van der Waals surface area contributed by atoms with E-state index in [4.69, 9.17) is 0 Å². The van der Waals surface area contributed by atoms with Gasteiger partial charge in [0, 0.05) is 30.9 Å². The zero-order valence-corrected chi connectivity index (χ0v) is 13.0. The van der Waals surface area contributed by atoms with Gasteiger partial charge < -0.3 is 4.90 Å². The molecule has 0 fully saturated rings. The van der Waals surface area contributed by atoms with E-state index in [1.807, 2.05) is 6.07 Å². The number of nitro groups is 1. The maximum Gasteiger partial charge on any atom is 0.269 e. The molecule has 0 radical (unpaired) electrons. The molecule has 0 aliphatic carbocycles. The highest BCUT2D eigenvalue weighted by molar-refractivity contribution is 5.60. The minimum Gasteiger partial charge on any atom is -0.372 e. The van der Waals surface area contributed by atoms with Crippen LogP contribution in [0.1, 0.15) is 18.9 Å². The van der Waals surface area contributed by atoms with Crippen molar-refractivity contribution in [3.8, 4) is 0 Å². The van der Waals surface area contributed by atoms with Crippen molar-refractivity contribution in [3.63, 3.8) is 0 Å². The average Bonchev–Trinajstić information content (AvgIpc) is 2.59. The number of hydrogen-bond acceptors (Lipinski definition) is 5. The van der Waals surface area contributed by atoms with Gasteiger partial charge in [-0.2, -0.15) is 10.2 Å². The van der Waals surface area contributed by atoms with Crippen molar-refractivity contribution in [2.24, 2.45) is 10.2 Å². The number of azo groups is 1. The van der Waals surface area contributed by atoms with Crippen LogP contribution in [0.15, 0.2) is 52.7 Å². The molecule has 6 nitrogen and oxygen atoms in total. The maximum atomic E-state index is 10.6. The van der Waals surface area contributed by atoms with Crippen molar-refractivity contribution in [1.29, 1.82) is 0 Å². The molecule has 2 aromatic carbocycles. The van der Waals surface area contributed by atoms with Gasteiger partial charge in [0.05, 0.1) is 16.3 Å². The molecule has 0 spiro atoms. The molecule has 118 valence electrons. The fraction of sp³-hybridized carbons (Fsp3) is 0.294. The summed E-state index contributed by atoms with van der Waals surface area (Å²) in [5, 5.41) is 19.0. The Morgan fingerprint density at radius 3 is 2.52 bits per heavy atom. The van der Waals surface area contributed by atoms with Gasteiger partial charge in [-0.15, -0.1) is 0 Å². The van der Waals surface area contributed by atoms with E-state index in [1.165, 1.54) is 23.4 Å². The second-order valence-electron chi connectivity index (χ2n) is 5.47. The highest BCUT2D eigenvalue weighted by Gasteiger charge is 2.15. The van der Waals surface area contributed by atoms with Crippen LogP contribution in [0.3, 0.4) is 0 Å². The highest BCUT2D eigenvalue weighted by Crippen LogP contribution is 2.31. The molecule has 0 amide bonds. The lowest BCUT2D eigenvalue weighted by Gasteiger charge is -2.30.